The Labute approximate surface area is 206 Å². The van der Waals surface area contributed by atoms with Crippen LogP contribution in [-0.2, 0) is 9.59 Å². The first-order chi connectivity index (χ1) is 17.0. The summed E-state index contributed by atoms with van der Waals surface area (Å²) in [6.07, 6.45) is 3.39. The molecule has 3 aromatic carbocycles. The average Bonchev–Trinajstić information content (AvgIpc) is 3.33. The topological polar surface area (TPSA) is 95.8 Å². The molecule has 7 nitrogen and oxygen atoms in total. The van der Waals surface area contributed by atoms with Crippen LogP contribution >= 0.6 is 11.6 Å². The first kappa shape index (κ1) is 22.7. The van der Waals surface area contributed by atoms with Gasteiger partial charge in [-0.1, -0.05) is 54.1 Å². The largest absolute Gasteiger partial charge is 0.481 e. The molecular weight excluding hydrogens is 464 g/mol. The van der Waals surface area contributed by atoms with Gasteiger partial charge in [-0.15, -0.1) is 0 Å². The van der Waals surface area contributed by atoms with E-state index in [0.29, 0.717) is 11.4 Å². The number of hydrogen-bond donors (Lipinski definition) is 1. The molecule has 5 rings (SSSR count). The Balaban J connectivity index is 1.46. The molecule has 0 saturated heterocycles. The van der Waals surface area contributed by atoms with E-state index >= 15 is 0 Å². The number of carboxylic acid groups (broad SMARTS) is 1. The number of aromatic nitrogens is 2. The van der Waals surface area contributed by atoms with Gasteiger partial charge in [-0.3, -0.25) is 19.6 Å². The third kappa shape index (κ3) is 4.90. The molecule has 0 saturated carbocycles. The van der Waals surface area contributed by atoms with Crippen molar-refractivity contribution in [2.45, 2.75) is 25.3 Å². The van der Waals surface area contributed by atoms with Crippen molar-refractivity contribution in [2.75, 3.05) is 0 Å². The number of rotatable bonds is 6. The zero-order valence-electron chi connectivity index (χ0n) is 18.6. The predicted octanol–water partition coefficient (Wildman–Crippen LogP) is 5.49. The van der Waals surface area contributed by atoms with Crippen molar-refractivity contribution in [2.24, 2.45) is 5.10 Å². The molecule has 0 fully saturated rings. The minimum Gasteiger partial charge on any atom is -0.481 e. The van der Waals surface area contributed by atoms with Gasteiger partial charge in [0.25, 0.3) is 0 Å². The Morgan fingerprint density at radius 2 is 1.63 bits per heavy atom. The Bertz CT molecular complexity index is 1450. The number of hydrogen-bond acceptors (Lipinski definition) is 5. The fourth-order valence-electron chi connectivity index (χ4n) is 4.21. The fourth-order valence-corrected chi connectivity index (χ4v) is 4.40. The number of carbonyl (C=O) groups is 2. The molecule has 1 aliphatic rings. The Hall–Kier alpha value is -4.10. The zero-order chi connectivity index (χ0) is 24.4. The van der Waals surface area contributed by atoms with Gasteiger partial charge in [0.05, 0.1) is 29.2 Å². The van der Waals surface area contributed by atoms with Gasteiger partial charge >= 0.3 is 5.97 Å². The van der Waals surface area contributed by atoms with E-state index in [2.05, 4.69) is 15.1 Å². The van der Waals surface area contributed by atoms with Gasteiger partial charge in [0, 0.05) is 30.3 Å². The van der Waals surface area contributed by atoms with Gasteiger partial charge in [-0.05, 0) is 46.5 Å². The van der Waals surface area contributed by atoms with E-state index in [1.807, 2.05) is 66.7 Å². The summed E-state index contributed by atoms with van der Waals surface area (Å²) >= 11 is 6.13. The molecule has 1 atom stereocenters. The summed E-state index contributed by atoms with van der Waals surface area (Å²) in [5, 5.41) is 15.8. The van der Waals surface area contributed by atoms with Crippen molar-refractivity contribution in [3.8, 4) is 11.1 Å². The third-order valence-electron chi connectivity index (χ3n) is 5.97. The molecule has 8 heteroatoms. The van der Waals surface area contributed by atoms with E-state index in [4.69, 9.17) is 16.7 Å². The number of amides is 1. The summed E-state index contributed by atoms with van der Waals surface area (Å²) in [5.74, 6) is -1.35. The van der Waals surface area contributed by atoms with Crippen LogP contribution < -0.4 is 0 Å². The molecule has 1 aromatic heterocycles. The fraction of sp³-hybridized carbons (Fsp3) is 0.148. The van der Waals surface area contributed by atoms with Crippen molar-refractivity contribution in [1.29, 1.82) is 0 Å². The second-order valence-corrected chi connectivity index (χ2v) is 8.73. The van der Waals surface area contributed by atoms with Crippen LogP contribution in [0.5, 0.6) is 0 Å². The highest BCUT2D eigenvalue weighted by Gasteiger charge is 2.33. The monoisotopic (exact) mass is 484 g/mol. The summed E-state index contributed by atoms with van der Waals surface area (Å²) in [4.78, 5) is 32.7. The van der Waals surface area contributed by atoms with Gasteiger partial charge < -0.3 is 5.11 Å². The second kappa shape index (κ2) is 9.64. The molecule has 4 aromatic rings. The van der Waals surface area contributed by atoms with E-state index in [9.17, 15) is 9.59 Å². The molecule has 0 spiro atoms. The molecule has 2 heterocycles. The maximum absolute atomic E-state index is 13.0. The maximum atomic E-state index is 13.0. The number of hydrazone groups is 1. The van der Waals surface area contributed by atoms with E-state index in [1.54, 1.807) is 12.4 Å². The SMILES string of the molecule is O=C(O)CCC(=O)N1N=C(c2ccc(-c3cccc(Cl)c3)cc2)CC1c1ccc2nccnc2c1. The van der Waals surface area contributed by atoms with Gasteiger partial charge in [0.15, 0.2) is 0 Å². The van der Waals surface area contributed by atoms with E-state index in [-0.39, 0.29) is 24.8 Å². The summed E-state index contributed by atoms with van der Waals surface area (Å²) in [6, 6.07) is 20.9. The summed E-state index contributed by atoms with van der Waals surface area (Å²) in [6.45, 7) is 0. The summed E-state index contributed by atoms with van der Waals surface area (Å²) in [5.41, 5.74) is 6.05. The number of carbonyl (C=O) groups excluding carboxylic acids is 1. The van der Waals surface area contributed by atoms with Crippen LogP contribution in [-0.4, -0.2) is 37.7 Å². The van der Waals surface area contributed by atoms with Crippen LogP contribution in [0.1, 0.15) is 36.4 Å². The lowest BCUT2D eigenvalue weighted by atomic mass is 9.96. The average molecular weight is 485 g/mol. The minimum atomic E-state index is -1.02. The number of benzene rings is 3. The van der Waals surface area contributed by atoms with Crippen molar-refractivity contribution in [1.82, 2.24) is 15.0 Å². The quantitative estimate of drug-likeness (QED) is 0.390. The highest BCUT2D eigenvalue weighted by Crippen LogP contribution is 2.35. The molecule has 0 radical (unpaired) electrons. The standard InChI is InChI=1S/C27H21ClN4O3/c28-21-3-1-2-19(14-21)17-4-6-18(7-5-17)23-16-25(32(31-23)26(33)10-11-27(34)35)20-8-9-22-24(15-20)30-13-12-29-22/h1-9,12-15,25H,10-11,16H2,(H,34,35). The Kier molecular flexibility index (Phi) is 6.25. The molecule has 0 aliphatic carbocycles. The van der Waals surface area contributed by atoms with Crippen molar-refractivity contribution >= 4 is 40.2 Å². The molecule has 0 bridgehead atoms. The molecule has 1 amide bonds. The van der Waals surface area contributed by atoms with E-state index in [0.717, 1.165) is 39.0 Å². The van der Waals surface area contributed by atoms with Crippen LogP contribution in [0.15, 0.2) is 84.2 Å². The van der Waals surface area contributed by atoms with Gasteiger partial charge in [0.1, 0.15) is 0 Å². The molecule has 174 valence electrons. The van der Waals surface area contributed by atoms with Gasteiger partial charge in [-0.2, -0.15) is 5.10 Å². The first-order valence-electron chi connectivity index (χ1n) is 11.2. The van der Waals surface area contributed by atoms with Crippen molar-refractivity contribution in [3.63, 3.8) is 0 Å². The lowest BCUT2D eigenvalue weighted by Gasteiger charge is -2.22. The molecule has 1 aliphatic heterocycles. The normalized spacial score (nSPS) is 15.3. The van der Waals surface area contributed by atoms with Crippen LogP contribution in [0.2, 0.25) is 5.02 Å². The van der Waals surface area contributed by atoms with Crippen molar-refractivity contribution in [3.05, 3.63) is 95.3 Å². The maximum Gasteiger partial charge on any atom is 0.303 e. The number of nitrogens with zero attached hydrogens (tertiary/aromatic N) is 4. The minimum absolute atomic E-state index is 0.121. The zero-order valence-corrected chi connectivity index (χ0v) is 19.4. The molecular formula is C27H21ClN4O3. The number of carboxylic acids is 1. The molecule has 35 heavy (non-hydrogen) atoms. The van der Waals surface area contributed by atoms with Crippen LogP contribution in [0.3, 0.4) is 0 Å². The highest BCUT2D eigenvalue weighted by atomic mass is 35.5. The molecule has 1 unspecified atom stereocenters. The van der Waals surface area contributed by atoms with Crippen LogP contribution in [0.4, 0.5) is 0 Å². The smallest absolute Gasteiger partial charge is 0.303 e. The van der Waals surface area contributed by atoms with E-state index < -0.39 is 5.97 Å². The highest BCUT2D eigenvalue weighted by molar-refractivity contribution is 6.30. The summed E-state index contributed by atoms with van der Waals surface area (Å²) in [7, 11) is 0. The van der Waals surface area contributed by atoms with Crippen LogP contribution in [0.25, 0.3) is 22.2 Å². The number of aliphatic carboxylic acids is 1. The van der Waals surface area contributed by atoms with Crippen LogP contribution in [0, 0.1) is 0 Å². The second-order valence-electron chi connectivity index (χ2n) is 8.29. The Morgan fingerprint density at radius 3 is 2.37 bits per heavy atom. The lowest BCUT2D eigenvalue weighted by Crippen LogP contribution is -2.27. The van der Waals surface area contributed by atoms with Gasteiger partial charge in [0.2, 0.25) is 5.91 Å². The number of fused-ring (bicyclic) bond motifs is 1. The molecule has 1 N–H and O–H groups in total. The van der Waals surface area contributed by atoms with Gasteiger partial charge in [-0.25, -0.2) is 5.01 Å². The third-order valence-corrected chi connectivity index (χ3v) is 6.21. The van der Waals surface area contributed by atoms with Crippen molar-refractivity contribution < 1.29 is 14.7 Å². The van der Waals surface area contributed by atoms with E-state index in [1.165, 1.54) is 5.01 Å². The Morgan fingerprint density at radius 1 is 0.886 bits per heavy atom. The predicted molar refractivity (Wildman–Crippen MR) is 134 cm³/mol. The lowest BCUT2D eigenvalue weighted by molar-refractivity contribution is -0.141. The number of halogens is 1. The summed E-state index contributed by atoms with van der Waals surface area (Å²) < 4.78 is 0. The first-order valence-corrected chi connectivity index (χ1v) is 11.5.